The smallest absolute Gasteiger partial charge is 0.416 e. The van der Waals surface area contributed by atoms with Gasteiger partial charge in [0.05, 0.1) is 23.6 Å². The Morgan fingerprint density at radius 2 is 1.71 bits per heavy atom. The van der Waals surface area contributed by atoms with Crippen molar-refractivity contribution in [3.63, 3.8) is 0 Å². The van der Waals surface area contributed by atoms with E-state index in [4.69, 9.17) is 4.74 Å². The van der Waals surface area contributed by atoms with Crippen LogP contribution in [0.15, 0.2) is 48.5 Å². The van der Waals surface area contributed by atoms with Crippen LogP contribution < -0.4 is 5.32 Å². The van der Waals surface area contributed by atoms with Crippen LogP contribution in [0.4, 0.5) is 23.8 Å². The van der Waals surface area contributed by atoms with Gasteiger partial charge in [-0.1, -0.05) is 36.4 Å². The van der Waals surface area contributed by atoms with Gasteiger partial charge in [-0.3, -0.25) is 0 Å². The quantitative estimate of drug-likeness (QED) is 0.530. The zero-order valence-corrected chi connectivity index (χ0v) is 19.4. The summed E-state index contributed by atoms with van der Waals surface area (Å²) in [5.41, 5.74) is -0.450. The highest BCUT2D eigenvalue weighted by Gasteiger charge is 2.38. The summed E-state index contributed by atoms with van der Waals surface area (Å²) in [6.07, 6.45) is -4.91. The fourth-order valence-corrected chi connectivity index (χ4v) is 3.97. The Hall–Kier alpha value is -3.87. The number of anilines is 1. The van der Waals surface area contributed by atoms with Crippen LogP contribution in [0, 0.1) is 17.2 Å². The normalized spacial score (nSPS) is 18.4. The van der Waals surface area contributed by atoms with Gasteiger partial charge in [-0.25, -0.2) is 4.79 Å². The third-order valence-corrected chi connectivity index (χ3v) is 5.63. The largest absolute Gasteiger partial charge is 0.444 e. The van der Waals surface area contributed by atoms with Crippen LogP contribution in [-0.2, 0) is 10.9 Å². The molecule has 2 atom stereocenters. The predicted octanol–water partition coefficient (Wildman–Crippen LogP) is 5.49. The monoisotopic (exact) mass is 483 g/mol. The maximum Gasteiger partial charge on any atom is 0.416 e. The van der Waals surface area contributed by atoms with E-state index in [1.807, 2.05) is 18.2 Å². The van der Waals surface area contributed by atoms with Crippen LogP contribution in [-0.4, -0.2) is 45.9 Å². The molecule has 1 aliphatic heterocycles. The second-order valence-corrected chi connectivity index (χ2v) is 9.39. The zero-order valence-electron chi connectivity index (χ0n) is 19.4. The van der Waals surface area contributed by atoms with Crippen LogP contribution >= 0.6 is 0 Å². The molecule has 1 aliphatic rings. The minimum Gasteiger partial charge on any atom is -0.444 e. The number of hydrogen-bond donors (Lipinski definition) is 1. The minimum atomic E-state index is -4.42. The Morgan fingerprint density at radius 1 is 1.06 bits per heavy atom. The molecule has 1 fully saturated rings. The van der Waals surface area contributed by atoms with Crippen molar-refractivity contribution in [3.05, 3.63) is 54.1 Å². The SMILES string of the molecule is CC(C)(C)OC(=O)N1CC(C#N)C(Nc2nnc(-c3ccc(C(F)(F)F)cc3)c3ccccc23)C1. The Bertz CT molecular complexity index is 1280. The van der Waals surface area contributed by atoms with Gasteiger partial charge in [0, 0.05) is 29.4 Å². The lowest BCUT2D eigenvalue weighted by Crippen LogP contribution is -2.36. The Kier molecular flexibility index (Phi) is 6.28. The Morgan fingerprint density at radius 3 is 2.31 bits per heavy atom. The first kappa shape index (κ1) is 24.3. The van der Waals surface area contributed by atoms with Crippen LogP contribution in [0.1, 0.15) is 26.3 Å². The maximum absolute atomic E-state index is 12.9. The molecule has 10 heteroatoms. The molecule has 0 bridgehead atoms. The van der Waals surface area contributed by atoms with Gasteiger partial charge in [-0.05, 0) is 32.9 Å². The van der Waals surface area contributed by atoms with Crippen molar-refractivity contribution in [1.29, 1.82) is 5.26 Å². The summed E-state index contributed by atoms with van der Waals surface area (Å²) in [4.78, 5) is 14.0. The van der Waals surface area contributed by atoms with Crippen molar-refractivity contribution < 1.29 is 22.7 Å². The van der Waals surface area contributed by atoms with Crippen molar-refractivity contribution in [3.8, 4) is 17.3 Å². The number of rotatable bonds is 3. The van der Waals surface area contributed by atoms with E-state index < -0.39 is 35.4 Å². The lowest BCUT2D eigenvalue weighted by Gasteiger charge is -2.24. The van der Waals surface area contributed by atoms with Gasteiger partial charge in [-0.2, -0.15) is 18.4 Å². The molecule has 2 unspecified atom stereocenters. The lowest BCUT2D eigenvalue weighted by atomic mass is 10.0. The van der Waals surface area contributed by atoms with Crippen molar-refractivity contribution in [2.24, 2.45) is 5.92 Å². The molecular formula is C25H24F3N5O2. The molecule has 0 saturated carbocycles. The van der Waals surface area contributed by atoms with Crippen LogP contribution in [0.5, 0.6) is 0 Å². The number of nitriles is 1. The first-order valence-corrected chi connectivity index (χ1v) is 11.0. The summed E-state index contributed by atoms with van der Waals surface area (Å²) in [5, 5.41) is 22.9. The number of nitrogens with zero attached hydrogens (tertiary/aromatic N) is 4. The van der Waals surface area contributed by atoms with Gasteiger partial charge in [0.25, 0.3) is 0 Å². The standard InChI is InChI=1S/C25H24F3N5O2/c1-24(2,3)35-23(34)33-13-16(12-29)20(14-33)30-22-19-7-5-4-6-18(19)21(31-32-22)15-8-10-17(11-9-15)25(26,27)28/h4-11,16,20H,13-14H2,1-3H3,(H,30,32). The van der Waals surface area contributed by atoms with Crippen molar-refractivity contribution in [1.82, 2.24) is 15.1 Å². The number of alkyl halides is 3. The molecule has 3 aromatic rings. The number of carbonyl (C=O) groups excluding carboxylic acids is 1. The van der Waals surface area contributed by atoms with Gasteiger partial charge in [0.1, 0.15) is 11.3 Å². The van der Waals surface area contributed by atoms with E-state index in [-0.39, 0.29) is 13.1 Å². The lowest BCUT2D eigenvalue weighted by molar-refractivity contribution is -0.137. The molecule has 4 rings (SSSR count). The first-order valence-electron chi connectivity index (χ1n) is 11.0. The van der Waals surface area contributed by atoms with Crippen molar-refractivity contribution in [2.75, 3.05) is 18.4 Å². The molecule has 1 aromatic heterocycles. The van der Waals surface area contributed by atoms with E-state index >= 15 is 0 Å². The highest BCUT2D eigenvalue weighted by atomic mass is 19.4. The molecule has 182 valence electrons. The van der Waals surface area contributed by atoms with Crippen LogP contribution in [0.3, 0.4) is 0 Å². The fraction of sp³-hybridized carbons (Fsp3) is 0.360. The number of amides is 1. The van der Waals surface area contributed by atoms with Gasteiger partial charge >= 0.3 is 12.3 Å². The van der Waals surface area contributed by atoms with E-state index in [0.29, 0.717) is 27.8 Å². The molecule has 0 radical (unpaired) electrons. The summed E-state index contributed by atoms with van der Waals surface area (Å²) >= 11 is 0. The van der Waals surface area contributed by atoms with Crippen LogP contribution in [0.25, 0.3) is 22.0 Å². The minimum absolute atomic E-state index is 0.220. The number of aromatic nitrogens is 2. The Labute approximate surface area is 200 Å². The number of halogens is 3. The molecule has 0 spiro atoms. The van der Waals surface area contributed by atoms with Crippen molar-refractivity contribution in [2.45, 2.75) is 38.6 Å². The summed E-state index contributed by atoms with van der Waals surface area (Å²) in [5.74, 6) is -0.0646. The number of nitrogens with one attached hydrogen (secondary N) is 1. The average Bonchev–Trinajstić information content (AvgIpc) is 3.21. The molecule has 35 heavy (non-hydrogen) atoms. The summed E-state index contributed by atoms with van der Waals surface area (Å²) in [6.45, 7) is 5.80. The van der Waals surface area contributed by atoms with E-state index in [9.17, 15) is 23.2 Å². The molecule has 7 nitrogen and oxygen atoms in total. The second kappa shape index (κ2) is 9.06. The van der Waals surface area contributed by atoms with Crippen molar-refractivity contribution >= 4 is 22.7 Å². The number of fused-ring (bicyclic) bond motifs is 1. The third kappa shape index (κ3) is 5.29. The van der Waals surface area contributed by atoms with E-state index in [2.05, 4.69) is 21.6 Å². The number of benzene rings is 2. The molecule has 2 aromatic carbocycles. The fourth-order valence-electron chi connectivity index (χ4n) is 3.97. The molecule has 2 heterocycles. The summed E-state index contributed by atoms with van der Waals surface area (Å²) in [7, 11) is 0. The van der Waals surface area contributed by atoms with Gasteiger partial charge in [0.2, 0.25) is 0 Å². The third-order valence-electron chi connectivity index (χ3n) is 5.63. The second-order valence-electron chi connectivity index (χ2n) is 9.39. The summed E-state index contributed by atoms with van der Waals surface area (Å²) < 4.78 is 44.3. The highest BCUT2D eigenvalue weighted by molar-refractivity contribution is 6.00. The van der Waals surface area contributed by atoms with E-state index in [1.165, 1.54) is 17.0 Å². The van der Waals surface area contributed by atoms with E-state index in [1.54, 1.807) is 26.8 Å². The molecule has 0 aliphatic carbocycles. The number of likely N-dealkylation sites (tertiary alicyclic amines) is 1. The number of ether oxygens (including phenoxy) is 1. The highest BCUT2D eigenvalue weighted by Crippen LogP contribution is 2.34. The molecular weight excluding hydrogens is 459 g/mol. The van der Waals surface area contributed by atoms with E-state index in [0.717, 1.165) is 12.1 Å². The molecule has 1 N–H and O–H groups in total. The van der Waals surface area contributed by atoms with Gasteiger partial charge in [-0.15, -0.1) is 10.2 Å². The number of carbonyl (C=O) groups is 1. The van der Waals surface area contributed by atoms with Crippen LogP contribution in [0.2, 0.25) is 0 Å². The number of hydrogen-bond acceptors (Lipinski definition) is 6. The predicted molar refractivity (Wildman–Crippen MR) is 124 cm³/mol. The Balaban J connectivity index is 1.62. The molecule has 1 saturated heterocycles. The van der Waals surface area contributed by atoms with Gasteiger partial charge < -0.3 is 15.0 Å². The maximum atomic E-state index is 12.9. The molecule has 1 amide bonds. The van der Waals surface area contributed by atoms with Gasteiger partial charge in [0.15, 0.2) is 5.82 Å². The zero-order chi connectivity index (χ0) is 25.4. The average molecular weight is 483 g/mol. The topological polar surface area (TPSA) is 91.1 Å². The summed E-state index contributed by atoms with van der Waals surface area (Å²) in [6, 6.07) is 13.8. The first-order chi connectivity index (χ1) is 16.5.